The van der Waals surface area contributed by atoms with Crippen molar-refractivity contribution in [3.63, 3.8) is 0 Å². The predicted molar refractivity (Wildman–Crippen MR) is 80.3 cm³/mol. The number of methoxy groups -OCH3 is 1. The van der Waals surface area contributed by atoms with Crippen LogP contribution < -0.4 is 5.73 Å². The van der Waals surface area contributed by atoms with Gasteiger partial charge in [0.2, 0.25) is 0 Å². The van der Waals surface area contributed by atoms with E-state index in [1.165, 1.54) is 11.0 Å². The van der Waals surface area contributed by atoms with E-state index in [9.17, 15) is 9.18 Å². The normalized spacial score (nSPS) is 10.3. The molecule has 0 atom stereocenters. The molecule has 1 rings (SSSR count). The molecular formula is C14H19FN2O2S. The topological polar surface area (TPSA) is 55.6 Å². The van der Waals surface area contributed by atoms with Crippen LogP contribution in [0.25, 0.3) is 0 Å². The van der Waals surface area contributed by atoms with E-state index in [-0.39, 0.29) is 11.5 Å². The average molecular weight is 298 g/mol. The number of hydrogen-bond donors (Lipinski definition) is 1. The number of amides is 1. The van der Waals surface area contributed by atoms with E-state index >= 15 is 0 Å². The van der Waals surface area contributed by atoms with Crippen molar-refractivity contribution in [1.29, 1.82) is 0 Å². The first-order valence-electron chi connectivity index (χ1n) is 6.29. The molecule has 0 aromatic heterocycles. The molecular weight excluding hydrogens is 279 g/mol. The second-order valence-electron chi connectivity index (χ2n) is 4.44. The quantitative estimate of drug-likeness (QED) is 0.781. The molecule has 0 radical (unpaired) electrons. The number of nitrogens with two attached hydrogens (primary N) is 1. The molecule has 0 fully saturated rings. The van der Waals surface area contributed by atoms with Crippen LogP contribution >= 0.6 is 12.2 Å². The van der Waals surface area contributed by atoms with Crippen LogP contribution in [0.4, 0.5) is 4.39 Å². The van der Waals surface area contributed by atoms with Crippen LogP contribution in [0.3, 0.4) is 0 Å². The molecule has 20 heavy (non-hydrogen) atoms. The van der Waals surface area contributed by atoms with Crippen molar-refractivity contribution in [3.05, 3.63) is 35.1 Å². The molecule has 0 aliphatic rings. The monoisotopic (exact) mass is 298 g/mol. The SMILES string of the molecule is COCCN(CCC(N)=S)C(=O)c1cccc(C)c1F. The van der Waals surface area contributed by atoms with Crippen molar-refractivity contribution >= 4 is 23.1 Å². The summed E-state index contributed by atoms with van der Waals surface area (Å²) in [4.78, 5) is 14.2. The zero-order chi connectivity index (χ0) is 15.1. The van der Waals surface area contributed by atoms with E-state index in [0.29, 0.717) is 36.7 Å². The summed E-state index contributed by atoms with van der Waals surface area (Å²) in [5.74, 6) is -0.866. The highest BCUT2D eigenvalue weighted by molar-refractivity contribution is 7.80. The molecule has 0 aliphatic carbocycles. The van der Waals surface area contributed by atoms with Crippen molar-refractivity contribution in [2.75, 3.05) is 26.8 Å². The third kappa shape index (κ3) is 4.54. The fourth-order valence-corrected chi connectivity index (χ4v) is 1.84. The molecule has 0 saturated carbocycles. The fourth-order valence-electron chi connectivity index (χ4n) is 1.74. The van der Waals surface area contributed by atoms with Crippen LogP contribution in [0, 0.1) is 12.7 Å². The number of halogens is 1. The number of nitrogens with zero attached hydrogens (tertiary/aromatic N) is 1. The summed E-state index contributed by atoms with van der Waals surface area (Å²) >= 11 is 4.81. The summed E-state index contributed by atoms with van der Waals surface area (Å²) in [6.45, 7) is 2.72. The molecule has 2 N–H and O–H groups in total. The van der Waals surface area contributed by atoms with Gasteiger partial charge in [-0.15, -0.1) is 0 Å². The molecule has 0 heterocycles. The van der Waals surface area contributed by atoms with E-state index in [2.05, 4.69) is 0 Å². The van der Waals surface area contributed by atoms with E-state index in [0.717, 1.165) is 0 Å². The molecule has 110 valence electrons. The first kappa shape index (κ1) is 16.5. The smallest absolute Gasteiger partial charge is 0.256 e. The standard InChI is InChI=1S/C14H19FN2O2S/c1-10-4-3-5-11(13(10)15)14(18)17(8-9-19-2)7-6-12(16)20/h3-5H,6-9H2,1-2H3,(H2,16,20). The Morgan fingerprint density at radius 2 is 2.15 bits per heavy atom. The van der Waals surface area contributed by atoms with Crippen LogP contribution in [-0.4, -0.2) is 42.6 Å². The van der Waals surface area contributed by atoms with Gasteiger partial charge in [0.1, 0.15) is 5.82 Å². The minimum absolute atomic E-state index is 0.0593. The van der Waals surface area contributed by atoms with E-state index in [4.69, 9.17) is 22.7 Å². The molecule has 0 saturated heterocycles. The van der Waals surface area contributed by atoms with Crippen molar-refractivity contribution in [3.8, 4) is 0 Å². The Morgan fingerprint density at radius 1 is 1.45 bits per heavy atom. The Bertz CT molecular complexity index is 494. The average Bonchev–Trinajstić information content (AvgIpc) is 2.41. The number of thiocarbonyl (C=S) groups is 1. The van der Waals surface area contributed by atoms with Crippen LogP contribution in [0.2, 0.25) is 0 Å². The molecule has 1 amide bonds. The highest BCUT2D eigenvalue weighted by atomic mass is 32.1. The maximum absolute atomic E-state index is 14.0. The van der Waals surface area contributed by atoms with Crippen molar-refractivity contribution in [1.82, 2.24) is 4.90 Å². The van der Waals surface area contributed by atoms with Crippen LogP contribution in [-0.2, 0) is 4.74 Å². The van der Waals surface area contributed by atoms with E-state index in [1.807, 2.05) is 0 Å². The van der Waals surface area contributed by atoms with Crippen molar-refractivity contribution in [2.45, 2.75) is 13.3 Å². The summed E-state index contributed by atoms with van der Waals surface area (Å²) in [7, 11) is 1.55. The molecule has 6 heteroatoms. The Labute approximate surface area is 123 Å². The van der Waals surface area contributed by atoms with Gasteiger partial charge >= 0.3 is 0 Å². The summed E-state index contributed by atoms with van der Waals surface area (Å²) in [5, 5.41) is 0. The Balaban J connectivity index is 2.90. The number of carbonyl (C=O) groups is 1. The first-order chi connectivity index (χ1) is 9.47. The molecule has 0 bridgehead atoms. The van der Waals surface area contributed by atoms with Crippen molar-refractivity contribution in [2.24, 2.45) is 5.73 Å². The van der Waals surface area contributed by atoms with E-state index in [1.54, 1.807) is 26.2 Å². The van der Waals surface area contributed by atoms with Crippen LogP contribution in [0.15, 0.2) is 18.2 Å². The Kier molecular flexibility index (Phi) is 6.54. The molecule has 0 spiro atoms. The van der Waals surface area contributed by atoms with Gasteiger partial charge in [-0.3, -0.25) is 4.79 Å². The summed E-state index contributed by atoms with van der Waals surface area (Å²) in [5.41, 5.74) is 5.95. The van der Waals surface area contributed by atoms with Gasteiger partial charge in [0.05, 0.1) is 17.2 Å². The zero-order valence-electron chi connectivity index (χ0n) is 11.7. The lowest BCUT2D eigenvalue weighted by Gasteiger charge is -2.22. The van der Waals surface area contributed by atoms with Gasteiger partial charge in [0.15, 0.2) is 0 Å². The second kappa shape index (κ2) is 7.91. The number of benzene rings is 1. The van der Waals surface area contributed by atoms with Gasteiger partial charge in [0, 0.05) is 26.6 Å². The van der Waals surface area contributed by atoms with Crippen LogP contribution in [0.1, 0.15) is 22.3 Å². The molecule has 1 aromatic carbocycles. The lowest BCUT2D eigenvalue weighted by atomic mass is 10.1. The van der Waals surface area contributed by atoms with E-state index < -0.39 is 5.82 Å². The summed E-state index contributed by atoms with van der Waals surface area (Å²) < 4.78 is 19.0. The first-order valence-corrected chi connectivity index (χ1v) is 6.69. The highest BCUT2D eigenvalue weighted by Gasteiger charge is 2.19. The minimum atomic E-state index is -0.491. The van der Waals surface area contributed by atoms with Gasteiger partial charge < -0.3 is 15.4 Å². The number of rotatable bonds is 7. The maximum Gasteiger partial charge on any atom is 0.256 e. The third-order valence-corrected chi connectivity index (χ3v) is 3.11. The van der Waals surface area contributed by atoms with Gasteiger partial charge in [-0.25, -0.2) is 4.39 Å². The number of hydrogen-bond acceptors (Lipinski definition) is 3. The van der Waals surface area contributed by atoms with Crippen LogP contribution in [0.5, 0.6) is 0 Å². The Hall–Kier alpha value is -1.53. The molecule has 4 nitrogen and oxygen atoms in total. The van der Waals surface area contributed by atoms with Gasteiger partial charge in [-0.1, -0.05) is 24.4 Å². The fraction of sp³-hybridized carbons (Fsp3) is 0.429. The zero-order valence-corrected chi connectivity index (χ0v) is 12.5. The highest BCUT2D eigenvalue weighted by Crippen LogP contribution is 2.14. The summed E-state index contributed by atoms with van der Waals surface area (Å²) in [6, 6.07) is 4.76. The molecule has 1 aromatic rings. The number of carbonyl (C=O) groups excluding carboxylic acids is 1. The molecule has 0 aliphatic heterocycles. The maximum atomic E-state index is 14.0. The summed E-state index contributed by atoms with van der Waals surface area (Å²) in [6.07, 6.45) is 0.401. The molecule has 0 unspecified atom stereocenters. The lowest BCUT2D eigenvalue weighted by Crippen LogP contribution is -2.36. The van der Waals surface area contributed by atoms with Gasteiger partial charge in [-0.2, -0.15) is 0 Å². The number of aryl methyl sites for hydroxylation is 1. The Morgan fingerprint density at radius 3 is 2.75 bits per heavy atom. The predicted octanol–water partition coefficient (Wildman–Crippen LogP) is 1.90. The third-order valence-electron chi connectivity index (χ3n) is 2.90. The van der Waals surface area contributed by atoms with Crippen molar-refractivity contribution < 1.29 is 13.9 Å². The number of ether oxygens (including phenoxy) is 1. The largest absolute Gasteiger partial charge is 0.393 e. The van der Waals surface area contributed by atoms with Gasteiger partial charge in [0.25, 0.3) is 5.91 Å². The lowest BCUT2D eigenvalue weighted by molar-refractivity contribution is 0.0696. The minimum Gasteiger partial charge on any atom is -0.393 e. The van der Waals surface area contributed by atoms with Gasteiger partial charge in [-0.05, 0) is 18.6 Å². The second-order valence-corrected chi connectivity index (χ2v) is 4.96.